The first kappa shape index (κ1) is 20.9. The van der Waals surface area contributed by atoms with Crippen LogP contribution in [-0.4, -0.2) is 18.3 Å². The molecule has 0 radical (unpaired) electrons. The van der Waals surface area contributed by atoms with E-state index in [0.717, 1.165) is 33.9 Å². The third kappa shape index (κ3) is 5.84. The molecule has 0 saturated carbocycles. The predicted molar refractivity (Wildman–Crippen MR) is 128 cm³/mol. The van der Waals surface area contributed by atoms with Crippen LogP contribution in [0.4, 0.5) is 5.13 Å². The van der Waals surface area contributed by atoms with Gasteiger partial charge in [0.05, 0.1) is 19.0 Å². The zero-order valence-corrected chi connectivity index (χ0v) is 18.4. The minimum atomic E-state index is 0.474. The molecule has 5 nitrogen and oxygen atoms in total. The molecule has 1 N–H and O–H groups in total. The van der Waals surface area contributed by atoms with Crippen LogP contribution >= 0.6 is 22.9 Å². The number of thiazole rings is 1. The molecule has 7 heteroatoms. The minimum absolute atomic E-state index is 0.474. The monoisotopic (exact) mass is 449 g/mol. The Morgan fingerprint density at radius 3 is 2.68 bits per heavy atom. The van der Waals surface area contributed by atoms with Gasteiger partial charge >= 0.3 is 0 Å². The first-order chi connectivity index (χ1) is 15.2. The van der Waals surface area contributed by atoms with Gasteiger partial charge in [-0.1, -0.05) is 48.0 Å². The van der Waals surface area contributed by atoms with Gasteiger partial charge in [0.2, 0.25) is 5.13 Å². The Balaban J connectivity index is 1.35. The Labute approximate surface area is 190 Å². The van der Waals surface area contributed by atoms with Crippen molar-refractivity contribution in [2.24, 2.45) is 5.10 Å². The van der Waals surface area contributed by atoms with Crippen molar-refractivity contribution in [3.05, 3.63) is 94.3 Å². The Morgan fingerprint density at radius 2 is 1.84 bits per heavy atom. The molecule has 1 heterocycles. The highest BCUT2D eigenvalue weighted by molar-refractivity contribution is 7.14. The highest BCUT2D eigenvalue weighted by Gasteiger charge is 2.05. The summed E-state index contributed by atoms with van der Waals surface area (Å²) in [6.45, 7) is 0.474. The summed E-state index contributed by atoms with van der Waals surface area (Å²) in [6, 6.07) is 23.2. The van der Waals surface area contributed by atoms with Crippen LogP contribution in [0.15, 0.2) is 83.3 Å². The number of nitrogens with one attached hydrogen (secondary N) is 1. The van der Waals surface area contributed by atoms with Gasteiger partial charge in [0, 0.05) is 16.0 Å². The Bertz CT molecular complexity index is 1180. The van der Waals surface area contributed by atoms with Gasteiger partial charge in [-0.3, -0.25) is 5.43 Å². The maximum atomic E-state index is 5.92. The number of methoxy groups -OCH3 is 1. The van der Waals surface area contributed by atoms with Crippen molar-refractivity contribution < 1.29 is 9.47 Å². The summed E-state index contributed by atoms with van der Waals surface area (Å²) in [4.78, 5) is 4.58. The largest absolute Gasteiger partial charge is 0.497 e. The normalized spacial score (nSPS) is 10.9. The highest BCUT2D eigenvalue weighted by atomic mass is 35.5. The molecule has 0 atom stereocenters. The molecule has 0 unspecified atom stereocenters. The molecule has 0 aliphatic rings. The average molecular weight is 450 g/mol. The summed E-state index contributed by atoms with van der Waals surface area (Å²) < 4.78 is 11.1. The van der Waals surface area contributed by atoms with Crippen LogP contribution in [0, 0.1) is 0 Å². The number of hydrazone groups is 1. The lowest BCUT2D eigenvalue weighted by atomic mass is 10.2. The Hall–Kier alpha value is -3.35. The van der Waals surface area contributed by atoms with Gasteiger partial charge in [0.25, 0.3) is 0 Å². The molecule has 0 fully saturated rings. The number of benzene rings is 3. The second-order valence-corrected chi connectivity index (χ2v) is 7.92. The van der Waals surface area contributed by atoms with Crippen molar-refractivity contribution in [2.75, 3.05) is 12.5 Å². The first-order valence-electron chi connectivity index (χ1n) is 9.56. The summed E-state index contributed by atoms with van der Waals surface area (Å²) in [7, 11) is 1.65. The van der Waals surface area contributed by atoms with Crippen molar-refractivity contribution in [3.63, 3.8) is 0 Å². The fourth-order valence-corrected chi connectivity index (χ4v) is 3.63. The maximum absolute atomic E-state index is 5.92. The van der Waals surface area contributed by atoms with Crippen molar-refractivity contribution >= 4 is 34.3 Å². The van der Waals surface area contributed by atoms with E-state index in [-0.39, 0.29) is 0 Å². The zero-order valence-electron chi connectivity index (χ0n) is 16.8. The molecule has 0 aliphatic heterocycles. The molecule has 0 aliphatic carbocycles. The van der Waals surface area contributed by atoms with Crippen LogP contribution in [0.5, 0.6) is 11.5 Å². The molecule has 4 aromatic rings. The molecule has 31 heavy (non-hydrogen) atoms. The molecule has 156 valence electrons. The number of ether oxygens (including phenoxy) is 2. The van der Waals surface area contributed by atoms with E-state index in [9.17, 15) is 0 Å². The van der Waals surface area contributed by atoms with E-state index in [1.165, 1.54) is 11.3 Å². The second kappa shape index (κ2) is 10.1. The molecule has 1 aromatic heterocycles. The number of anilines is 1. The van der Waals surface area contributed by atoms with Gasteiger partial charge in [0.1, 0.15) is 18.1 Å². The van der Waals surface area contributed by atoms with Crippen LogP contribution in [0.3, 0.4) is 0 Å². The van der Waals surface area contributed by atoms with E-state index >= 15 is 0 Å². The van der Waals surface area contributed by atoms with Crippen LogP contribution < -0.4 is 14.9 Å². The summed E-state index contributed by atoms with van der Waals surface area (Å²) in [5.41, 5.74) is 6.84. The van der Waals surface area contributed by atoms with Crippen molar-refractivity contribution in [2.45, 2.75) is 6.61 Å². The van der Waals surface area contributed by atoms with E-state index in [1.807, 2.05) is 78.2 Å². The van der Waals surface area contributed by atoms with Crippen LogP contribution in [0.1, 0.15) is 11.1 Å². The Morgan fingerprint density at radius 1 is 1.03 bits per heavy atom. The van der Waals surface area contributed by atoms with Crippen molar-refractivity contribution in [1.29, 1.82) is 0 Å². The molecule has 0 saturated heterocycles. The topological polar surface area (TPSA) is 55.7 Å². The maximum Gasteiger partial charge on any atom is 0.203 e. The number of hydrogen-bond donors (Lipinski definition) is 1. The lowest BCUT2D eigenvalue weighted by Gasteiger charge is -2.07. The smallest absolute Gasteiger partial charge is 0.203 e. The number of rotatable bonds is 8. The lowest BCUT2D eigenvalue weighted by molar-refractivity contribution is 0.306. The van der Waals surface area contributed by atoms with E-state index < -0.39 is 0 Å². The van der Waals surface area contributed by atoms with Crippen LogP contribution in [0.2, 0.25) is 5.02 Å². The van der Waals surface area contributed by atoms with Gasteiger partial charge in [-0.15, -0.1) is 11.3 Å². The number of halogens is 1. The molecule has 0 amide bonds. The molecule has 0 bridgehead atoms. The number of aromatic nitrogens is 1. The number of nitrogens with zero attached hydrogens (tertiary/aromatic N) is 2. The fraction of sp³-hybridized carbons (Fsp3) is 0.0833. The second-order valence-electron chi connectivity index (χ2n) is 6.63. The molecular weight excluding hydrogens is 430 g/mol. The van der Waals surface area contributed by atoms with Gasteiger partial charge in [-0.25, -0.2) is 4.98 Å². The standard InChI is InChI=1S/C24H20ClN3O2S/c1-29-21-6-3-5-19(13-21)23-16-31-24(27-23)28-26-14-18-4-2-7-22(12-18)30-15-17-8-10-20(25)11-9-17/h2-14,16H,15H2,1H3,(H,27,28)/b26-14-. The van der Waals surface area contributed by atoms with Gasteiger partial charge in [-0.05, 0) is 47.5 Å². The molecule has 3 aromatic carbocycles. The Kier molecular flexibility index (Phi) is 6.82. The quantitative estimate of drug-likeness (QED) is 0.246. The summed E-state index contributed by atoms with van der Waals surface area (Å²) >= 11 is 7.41. The zero-order chi connectivity index (χ0) is 21.5. The van der Waals surface area contributed by atoms with Crippen molar-refractivity contribution in [1.82, 2.24) is 4.98 Å². The van der Waals surface area contributed by atoms with Crippen molar-refractivity contribution in [3.8, 4) is 22.8 Å². The fourth-order valence-electron chi connectivity index (χ4n) is 2.83. The van der Waals surface area contributed by atoms with Gasteiger partial charge in [-0.2, -0.15) is 5.10 Å². The first-order valence-corrected chi connectivity index (χ1v) is 10.8. The van der Waals surface area contributed by atoms with Gasteiger partial charge in [0.15, 0.2) is 0 Å². The SMILES string of the molecule is COc1cccc(-c2csc(N/N=C\c3cccc(OCc4ccc(Cl)cc4)c3)n2)c1. The van der Waals surface area contributed by atoms with E-state index in [4.69, 9.17) is 21.1 Å². The predicted octanol–water partition coefficient (Wildman–Crippen LogP) is 6.50. The molecule has 4 rings (SSSR count). The van der Waals surface area contributed by atoms with E-state index in [0.29, 0.717) is 16.8 Å². The average Bonchev–Trinajstić information content (AvgIpc) is 3.28. The minimum Gasteiger partial charge on any atom is -0.497 e. The lowest BCUT2D eigenvalue weighted by Crippen LogP contribution is -1.96. The number of hydrogen-bond acceptors (Lipinski definition) is 6. The molecular formula is C24H20ClN3O2S. The highest BCUT2D eigenvalue weighted by Crippen LogP contribution is 2.27. The van der Waals surface area contributed by atoms with E-state index in [1.54, 1.807) is 13.3 Å². The summed E-state index contributed by atoms with van der Waals surface area (Å²) in [5.74, 6) is 1.57. The third-order valence-corrected chi connectivity index (χ3v) is 5.42. The summed E-state index contributed by atoms with van der Waals surface area (Å²) in [6.07, 6.45) is 1.74. The van der Waals surface area contributed by atoms with Crippen LogP contribution in [0.25, 0.3) is 11.3 Å². The van der Waals surface area contributed by atoms with Crippen LogP contribution in [-0.2, 0) is 6.61 Å². The van der Waals surface area contributed by atoms with Gasteiger partial charge < -0.3 is 9.47 Å². The summed E-state index contributed by atoms with van der Waals surface area (Å²) in [5, 5.41) is 7.71. The van der Waals surface area contributed by atoms with E-state index in [2.05, 4.69) is 15.5 Å². The molecule has 0 spiro atoms. The third-order valence-electron chi connectivity index (χ3n) is 4.42.